The summed E-state index contributed by atoms with van der Waals surface area (Å²) in [6, 6.07) is 17.3. The molecule has 1 amide bonds. The molecule has 0 aliphatic heterocycles. The van der Waals surface area contributed by atoms with Crippen molar-refractivity contribution in [3.8, 4) is 16.9 Å². The first-order valence-corrected chi connectivity index (χ1v) is 10.3. The highest BCUT2D eigenvalue weighted by Crippen LogP contribution is 2.37. The number of nitrogens with one attached hydrogen (secondary N) is 1. The number of halogens is 2. The molecule has 0 saturated carbocycles. The van der Waals surface area contributed by atoms with Gasteiger partial charge in [0, 0.05) is 38.8 Å². The number of rotatable bonds is 5. The summed E-state index contributed by atoms with van der Waals surface area (Å²) in [5.74, 6) is 0.0556. The quantitative estimate of drug-likeness (QED) is 0.312. The number of anilines is 1. The summed E-state index contributed by atoms with van der Waals surface area (Å²) in [6.45, 7) is 1.85. The van der Waals surface area contributed by atoms with Crippen LogP contribution in [0.15, 0.2) is 81.9 Å². The highest BCUT2D eigenvalue weighted by atomic mass is 79.9. The zero-order chi connectivity index (χ0) is 22.0. The summed E-state index contributed by atoms with van der Waals surface area (Å²) in [6.07, 6.45) is 3.17. The Labute approximate surface area is 187 Å². The molecular formula is C25H19BrFNO3. The third-order valence-electron chi connectivity index (χ3n) is 4.94. The van der Waals surface area contributed by atoms with Crippen LogP contribution in [0.25, 0.3) is 27.7 Å². The van der Waals surface area contributed by atoms with E-state index in [0.29, 0.717) is 17.0 Å². The van der Waals surface area contributed by atoms with Crippen molar-refractivity contribution < 1.29 is 18.3 Å². The van der Waals surface area contributed by atoms with Crippen molar-refractivity contribution in [1.82, 2.24) is 0 Å². The number of furan rings is 1. The second kappa shape index (κ2) is 8.78. The van der Waals surface area contributed by atoms with Gasteiger partial charge in [0.15, 0.2) is 0 Å². The van der Waals surface area contributed by atoms with Gasteiger partial charge in [-0.1, -0.05) is 28.1 Å². The van der Waals surface area contributed by atoms with E-state index in [0.717, 1.165) is 32.1 Å². The maximum Gasteiger partial charge on any atom is 0.248 e. The van der Waals surface area contributed by atoms with Gasteiger partial charge in [-0.25, -0.2) is 4.39 Å². The zero-order valence-electron chi connectivity index (χ0n) is 16.9. The van der Waals surface area contributed by atoms with Gasteiger partial charge >= 0.3 is 0 Å². The number of hydrogen-bond donors (Lipinski definition) is 1. The third-order valence-corrected chi connectivity index (χ3v) is 5.46. The van der Waals surface area contributed by atoms with Gasteiger partial charge in [0.1, 0.15) is 17.1 Å². The molecule has 4 rings (SSSR count). The van der Waals surface area contributed by atoms with Crippen LogP contribution in [0.3, 0.4) is 0 Å². The number of hydrogen-bond acceptors (Lipinski definition) is 3. The molecule has 0 atom stereocenters. The molecule has 0 unspecified atom stereocenters. The fourth-order valence-corrected chi connectivity index (χ4v) is 3.64. The monoisotopic (exact) mass is 479 g/mol. The van der Waals surface area contributed by atoms with Crippen molar-refractivity contribution in [3.63, 3.8) is 0 Å². The lowest BCUT2D eigenvalue weighted by atomic mass is 9.99. The van der Waals surface area contributed by atoms with E-state index >= 15 is 0 Å². The molecule has 0 spiro atoms. The SMILES string of the molecule is COc1cc2occ(-c3ccc(F)cc3)c2cc1/C(C)=C/C(=O)Nc1ccc(Br)cc1. The van der Waals surface area contributed by atoms with Gasteiger partial charge in [-0.15, -0.1) is 0 Å². The molecule has 4 nitrogen and oxygen atoms in total. The van der Waals surface area contributed by atoms with E-state index in [1.54, 1.807) is 31.6 Å². The minimum absolute atomic E-state index is 0.243. The molecule has 3 aromatic carbocycles. The van der Waals surface area contributed by atoms with E-state index in [2.05, 4.69) is 21.2 Å². The predicted molar refractivity (Wildman–Crippen MR) is 125 cm³/mol. The van der Waals surface area contributed by atoms with Gasteiger partial charge < -0.3 is 14.5 Å². The van der Waals surface area contributed by atoms with E-state index in [1.165, 1.54) is 18.2 Å². The van der Waals surface area contributed by atoms with Crippen molar-refractivity contribution in [2.24, 2.45) is 0 Å². The molecule has 31 heavy (non-hydrogen) atoms. The Morgan fingerprint density at radius 3 is 2.48 bits per heavy atom. The molecule has 1 aromatic heterocycles. The molecule has 0 radical (unpaired) electrons. The Hall–Kier alpha value is -3.38. The molecule has 0 aliphatic rings. The second-order valence-corrected chi connectivity index (χ2v) is 7.94. The predicted octanol–water partition coefficient (Wildman–Crippen LogP) is 7.05. The second-order valence-electron chi connectivity index (χ2n) is 7.03. The minimum atomic E-state index is -0.297. The van der Waals surface area contributed by atoms with Crippen LogP contribution in [0, 0.1) is 5.82 Å². The molecule has 0 bridgehead atoms. The highest BCUT2D eigenvalue weighted by Gasteiger charge is 2.15. The first-order chi connectivity index (χ1) is 14.9. The van der Waals surface area contributed by atoms with Gasteiger partial charge in [-0.3, -0.25) is 4.79 Å². The number of amides is 1. The van der Waals surface area contributed by atoms with E-state index in [9.17, 15) is 9.18 Å². The molecule has 4 aromatic rings. The van der Waals surface area contributed by atoms with Crippen LogP contribution in [0.5, 0.6) is 5.75 Å². The normalized spacial score (nSPS) is 11.5. The van der Waals surface area contributed by atoms with E-state index in [-0.39, 0.29) is 11.7 Å². The lowest BCUT2D eigenvalue weighted by molar-refractivity contribution is -0.111. The number of fused-ring (bicyclic) bond motifs is 1. The fraction of sp³-hybridized carbons (Fsp3) is 0.0800. The molecule has 1 N–H and O–H groups in total. The van der Waals surface area contributed by atoms with Crippen LogP contribution in [-0.2, 0) is 4.79 Å². The summed E-state index contributed by atoms with van der Waals surface area (Å²) in [7, 11) is 1.57. The standard InChI is InChI=1S/C25H19BrFNO3/c1-15(11-25(29)28-19-9-5-17(26)6-10-19)20-12-21-22(16-3-7-18(27)8-4-16)14-31-24(21)13-23(20)30-2/h3-14H,1-2H3,(H,28,29)/b15-11+. The Kier molecular flexibility index (Phi) is 5.91. The summed E-state index contributed by atoms with van der Waals surface area (Å²) in [5.41, 5.74) is 4.53. The van der Waals surface area contributed by atoms with Crippen molar-refractivity contribution >= 4 is 44.1 Å². The Bertz CT molecular complexity index is 1270. The molecule has 6 heteroatoms. The summed E-state index contributed by atoms with van der Waals surface area (Å²) in [5, 5.41) is 3.70. The van der Waals surface area contributed by atoms with E-state index in [1.807, 2.05) is 37.3 Å². The van der Waals surface area contributed by atoms with E-state index in [4.69, 9.17) is 9.15 Å². The van der Waals surface area contributed by atoms with Crippen LogP contribution in [0.1, 0.15) is 12.5 Å². The smallest absolute Gasteiger partial charge is 0.248 e. The van der Waals surface area contributed by atoms with Crippen molar-refractivity contribution in [3.05, 3.63) is 88.9 Å². The minimum Gasteiger partial charge on any atom is -0.496 e. The maximum absolute atomic E-state index is 13.3. The van der Waals surface area contributed by atoms with Crippen LogP contribution in [-0.4, -0.2) is 13.0 Å². The van der Waals surface area contributed by atoms with Crippen LogP contribution in [0.4, 0.5) is 10.1 Å². The first-order valence-electron chi connectivity index (χ1n) is 9.55. The zero-order valence-corrected chi connectivity index (χ0v) is 18.5. The maximum atomic E-state index is 13.3. The highest BCUT2D eigenvalue weighted by molar-refractivity contribution is 9.10. The fourth-order valence-electron chi connectivity index (χ4n) is 3.37. The number of ether oxygens (including phenoxy) is 1. The summed E-state index contributed by atoms with van der Waals surface area (Å²) in [4.78, 5) is 12.5. The number of carbonyl (C=O) groups is 1. The number of benzene rings is 3. The number of allylic oxidation sites excluding steroid dienone is 1. The Morgan fingerprint density at radius 2 is 1.81 bits per heavy atom. The largest absolute Gasteiger partial charge is 0.496 e. The van der Waals surface area contributed by atoms with Gasteiger partial charge in [0.05, 0.1) is 13.4 Å². The molecule has 156 valence electrons. The Balaban J connectivity index is 1.70. The number of carbonyl (C=O) groups excluding carboxylic acids is 1. The molecule has 0 saturated heterocycles. The average molecular weight is 480 g/mol. The van der Waals surface area contributed by atoms with E-state index < -0.39 is 0 Å². The summed E-state index contributed by atoms with van der Waals surface area (Å²) >= 11 is 3.38. The van der Waals surface area contributed by atoms with Crippen molar-refractivity contribution in [1.29, 1.82) is 0 Å². The van der Waals surface area contributed by atoms with Crippen LogP contribution in [0.2, 0.25) is 0 Å². The first kappa shape index (κ1) is 20.9. The molecular weight excluding hydrogens is 461 g/mol. The lowest BCUT2D eigenvalue weighted by Crippen LogP contribution is -2.08. The van der Waals surface area contributed by atoms with Gasteiger partial charge in [0.25, 0.3) is 0 Å². The third kappa shape index (κ3) is 4.54. The Morgan fingerprint density at radius 1 is 1.10 bits per heavy atom. The average Bonchev–Trinajstić information content (AvgIpc) is 3.17. The topological polar surface area (TPSA) is 51.5 Å². The van der Waals surface area contributed by atoms with Gasteiger partial charge in [0.2, 0.25) is 5.91 Å². The van der Waals surface area contributed by atoms with Crippen LogP contribution >= 0.6 is 15.9 Å². The van der Waals surface area contributed by atoms with Crippen LogP contribution < -0.4 is 10.1 Å². The molecule has 1 heterocycles. The lowest BCUT2D eigenvalue weighted by Gasteiger charge is -2.10. The van der Waals surface area contributed by atoms with Gasteiger partial charge in [-0.05, 0) is 60.5 Å². The van der Waals surface area contributed by atoms with Crippen molar-refractivity contribution in [2.45, 2.75) is 6.92 Å². The number of methoxy groups -OCH3 is 1. The summed E-state index contributed by atoms with van der Waals surface area (Å²) < 4.78 is 25.5. The molecule has 0 aliphatic carbocycles. The van der Waals surface area contributed by atoms with Crippen molar-refractivity contribution in [2.75, 3.05) is 12.4 Å². The molecule has 0 fully saturated rings. The van der Waals surface area contributed by atoms with Gasteiger partial charge in [-0.2, -0.15) is 0 Å².